The Balaban J connectivity index is 2.10. The van der Waals surface area contributed by atoms with Crippen LogP contribution in [0.1, 0.15) is 37.3 Å². The summed E-state index contributed by atoms with van der Waals surface area (Å²) in [6.07, 6.45) is 0.322. The molecule has 0 amide bonds. The first-order valence-corrected chi connectivity index (χ1v) is 8.62. The molecule has 0 bridgehead atoms. The number of anilines is 2. The first kappa shape index (κ1) is 18.1. The lowest BCUT2D eigenvalue weighted by Crippen LogP contribution is -2.17. The van der Waals surface area contributed by atoms with E-state index in [1.807, 2.05) is 48.7 Å². The molecule has 0 saturated heterocycles. The number of aliphatic hydroxyl groups is 2. The van der Waals surface area contributed by atoms with Crippen LogP contribution in [0.5, 0.6) is 0 Å². The van der Waals surface area contributed by atoms with E-state index in [4.69, 9.17) is 5.73 Å². The number of benzene rings is 1. The molecule has 0 aliphatic rings. The maximum Gasteiger partial charge on any atom is 0.202 e. The van der Waals surface area contributed by atoms with Crippen LogP contribution >= 0.6 is 0 Å². The average Bonchev–Trinajstić information content (AvgIpc) is 2.96. The minimum absolute atomic E-state index is 0.0572. The van der Waals surface area contributed by atoms with Crippen molar-refractivity contribution in [2.75, 3.05) is 24.3 Å². The van der Waals surface area contributed by atoms with Crippen LogP contribution in [0.4, 0.5) is 11.8 Å². The van der Waals surface area contributed by atoms with Crippen LogP contribution in [-0.2, 0) is 6.42 Å². The summed E-state index contributed by atoms with van der Waals surface area (Å²) in [7, 11) is 0. The van der Waals surface area contributed by atoms with Crippen LogP contribution in [0.15, 0.2) is 30.3 Å². The van der Waals surface area contributed by atoms with Gasteiger partial charge in [-0.15, -0.1) is 0 Å². The Morgan fingerprint density at radius 2 is 1.85 bits per heavy atom. The molecule has 3 rings (SSSR count). The molecule has 2 aromatic heterocycles. The SMILES string of the molecule is CC(C)n1c(N)nc2c(NC(CO)c3ccccc3)nc(CCO)nc21. The van der Waals surface area contributed by atoms with Crippen molar-refractivity contribution >= 4 is 22.9 Å². The molecular weight excluding hydrogens is 332 g/mol. The summed E-state index contributed by atoms with van der Waals surface area (Å²) in [5.41, 5.74) is 8.17. The smallest absolute Gasteiger partial charge is 0.202 e. The van der Waals surface area contributed by atoms with Gasteiger partial charge in [-0.05, 0) is 19.4 Å². The maximum atomic E-state index is 9.84. The molecule has 1 atom stereocenters. The first-order chi connectivity index (χ1) is 12.5. The maximum absolute atomic E-state index is 9.84. The Morgan fingerprint density at radius 1 is 1.12 bits per heavy atom. The highest BCUT2D eigenvalue weighted by Crippen LogP contribution is 2.28. The number of imidazole rings is 1. The standard InChI is InChI=1S/C18H24N6O2/c1-11(2)24-17-15(23-18(24)19)16(21-14(22-17)8-9-25)20-13(10-26)12-6-4-3-5-7-12/h3-7,11,13,25-26H,8-10H2,1-2H3,(H2,19,23)(H,20,21,22). The summed E-state index contributed by atoms with van der Waals surface area (Å²) in [5.74, 6) is 1.34. The monoisotopic (exact) mass is 356 g/mol. The Bertz CT molecular complexity index is 878. The Morgan fingerprint density at radius 3 is 2.46 bits per heavy atom. The van der Waals surface area contributed by atoms with Gasteiger partial charge >= 0.3 is 0 Å². The predicted molar refractivity (Wildman–Crippen MR) is 101 cm³/mol. The number of nitrogens with zero attached hydrogens (tertiary/aromatic N) is 4. The number of nitrogens with two attached hydrogens (primary N) is 1. The number of fused-ring (bicyclic) bond motifs is 1. The van der Waals surface area contributed by atoms with Gasteiger partial charge in [0.15, 0.2) is 17.0 Å². The molecule has 1 aromatic carbocycles. The molecule has 0 spiro atoms. The van der Waals surface area contributed by atoms with Crippen LogP contribution in [-0.4, -0.2) is 42.9 Å². The lowest BCUT2D eigenvalue weighted by Gasteiger charge is -2.18. The Kier molecular flexibility index (Phi) is 5.34. The van der Waals surface area contributed by atoms with Gasteiger partial charge in [-0.2, -0.15) is 0 Å². The van der Waals surface area contributed by atoms with Crippen LogP contribution < -0.4 is 11.1 Å². The summed E-state index contributed by atoms with van der Waals surface area (Å²) in [5, 5.41) is 22.4. The minimum atomic E-state index is -0.346. The minimum Gasteiger partial charge on any atom is -0.396 e. The van der Waals surface area contributed by atoms with E-state index in [1.165, 1.54) is 0 Å². The molecule has 5 N–H and O–H groups in total. The second-order valence-corrected chi connectivity index (χ2v) is 6.36. The van der Waals surface area contributed by atoms with Crippen LogP contribution in [0, 0.1) is 0 Å². The molecule has 138 valence electrons. The average molecular weight is 356 g/mol. The number of rotatable bonds is 7. The number of aliphatic hydroxyl groups excluding tert-OH is 2. The highest BCUT2D eigenvalue weighted by Gasteiger charge is 2.20. The van der Waals surface area contributed by atoms with Gasteiger partial charge in [-0.25, -0.2) is 15.0 Å². The zero-order valence-electron chi connectivity index (χ0n) is 14.9. The second kappa shape index (κ2) is 7.67. The molecule has 0 fully saturated rings. The molecule has 0 aliphatic carbocycles. The van der Waals surface area contributed by atoms with Gasteiger partial charge in [-0.1, -0.05) is 30.3 Å². The van der Waals surface area contributed by atoms with Crippen molar-refractivity contribution in [1.82, 2.24) is 19.5 Å². The summed E-state index contributed by atoms with van der Waals surface area (Å²) in [6.45, 7) is 3.83. The second-order valence-electron chi connectivity index (χ2n) is 6.36. The normalized spacial score (nSPS) is 12.7. The summed E-state index contributed by atoms with van der Waals surface area (Å²) in [6, 6.07) is 9.35. The highest BCUT2D eigenvalue weighted by atomic mass is 16.3. The highest BCUT2D eigenvalue weighted by molar-refractivity contribution is 5.85. The van der Waals surface area contributed by atoms with Crippen molar-refractivity contribution in [2.24, 2.45) is 0 Å². The zero-order valence-corrected chi connectivity index (χ0v) is 14.9. The van der Waals surface area contributed by atoms with Crippen molar-refractivity contribution in [3.63, 3.8) is 0 Å². The molecule has 0 saturated carbocycles. The number of nitrogens with one attached hydrogen (secondary N) is 1. The third kappa shape index (κ3) is 3.47. The predicted octanol–water partition coefficient (Wildman–Crippen LogP) is 1.67. The lowest BCUT2D eigenvalue weighted by atomic mass is 10.1. The van der Waals surface area contributed by atoms with E-state index in [9.17, 15) is 10.2 Å². The molecule has 0 radical (unpaired) electrons. The quantitative estimate of drug-likeness (QED) is 0.508. The fraction of sp³-hybridized carbons (Fsp3) is 0.389. The summed E-state index contributed by atoms with van der Waals surface area (Å²) < 4.78 is 1.83. The van der Waals surface area contributed by atoms with Gasteiger partial charge in [0.25, 0.3) is 0 Å². The van der Waals surface area contributed by atoms with Crippen molar-refractivity contribution in [3.8, 4) is 0 Å². The third-order valence-corrected chi connectivity index (χ3v) is 4.16. The van der Waals surface area contributed by atoms with Crippen molar-refractivity contribution in [3.05, 3.63) is 41.7 Å². The van der Waals surface area contributed by atoms with E-state index in [0.29, 0.717) is 35.2 Å². The van der Waals surface area contributed by atoms with Gasteiger partial charge in [0.1, 0.15) is 5.82 Å². The largest absolute Gasteiger partial charge is 0.396 e. The van der Waals surface area contributed by atoms with Gasteiger partial charge in [0.2, 0.25) is 5.95 Å². The van der Waals surface area contributed by atoms with Gasteiger partial charge in [0, 0.05) is 12.5 Å². The van der Waals surface area contributed by atoms with E-state index in [1.54, 1.807) is 0 Å². The van der Waals surface area contributed by atoms with Gasteiger partial charge in [0.05, 0.1) is 19.3 Å². The van der Waals surface area contributed by atoms with E-state index in [-0.39, 0.29) is 25.3 Å². The molecular formula is C18H24N6O2. The topological polar surface area (TPSA) is 122 Å². The van der Waals surface area contributed by atoms with Gasteiger partial charge < -0.3 is 21.3 Å². The zero-order chi connectivity index (χ0) is 18.7. The van der Waals surface area contributed by atoms with E-state index >= 15 is 0 Å². The number of nitrogen functional groups attached to an aromatic ring is 1. The van der Waals surface area contributed by atoms with Crippen LogP contribution in [0.3, 0.4) is 0 Å². The first-order valence-electron chi connectivity index (χ1n) is 8.62. The molecule has 0 aliphatic heterocycles. The molecule has 8 heteroatoms. The number of hydrogen-bond donors (Lipinski definition) is 4. The van der Waals surface area contributed by atoms with E-state index in [2.05, 4.69) is 20.3 Å². The van der Waals surface area contributed by atoms with Crippen molar-refractivity contribution in [1.29, 1.82) is 0 Å². The molecule has 8 nitrogen and oxygen atoms in total. The molecule has 1 unspecified atom stereocenters. The summed E-state index contributed by atoms with van der Waals surface area (Å²) in [4.78, 5) is 13.4. The van der Waals surface area contributed by atoms with Crippen molar-refractivity contribution < 1.29 is 10.2 Å². The molecule has 3 aromatic rings. The fourth-order valence-electron chi connectivity index (χ4n) is 2.94. The molecule has 26 heavy (non-hydrogen) atoms. The fourth-order valence-corrected chi connectivity index (χ4v) is 2.94. The van der Waals surface area contributed by atoms with Crippen LogP contribution in [0.25, 0.3) is 11.2 Å². The third-order valence-electron chi connectivity index (χ3n) is 4.16. The van der Waals surface area contributed by atoms with Gasteiger partial charge in [-0.3, -0.25) is 4.57 Å². The summed E-state index contributed by atoms with van der Waals surface area (Å²) >= 11 is 0. The van der Waals surface area contributed by atoms with Crippen molar-refractivity contribution in [2.45, 2.75) is 32.4 Å². The van der Waals surface area contributed by atoms with E-state index in [0.717, 1.165) is 5.56 Å². The van der Waals surface area contributed by atoms with Crippen LogP contribution in [0.2, 0.25) is 0 Å². The Labute approximate surface area is 151 Å². The molecule has 2 heterocycles. The number of hydrogen-bond acceptors (Lipinski definition) is 7. The lowest BCUT2D eigenvalue weighted by molar-refractivity contribution is 0.276. The number of aromatic nitrogens is 4. The Hall–Kier alpha value is -2.71. The van der Waals surface area contributed by atoms with E-state index < -0.39 is 0 Å².